The van der Waals surface area contributed by atoms with Gasteiger partial charge in [0.2, 0.25) is 0 Å². The van der Waals surface area contributed by atoms with Crippen LogP contribution in [0.15, 0.2) is 12.3 Å². The number of esters is 2. The fourth-order valence-corrected chi connectivity index (χ4v) is 8.41. The molecule has 0 aromatic carbocycles. The average molecular weight is 890 g/mol. The summed E-state index contributed by atoms with van der Waals surface area (Å²) in [6, 6.07) is 1.40. The van der Waals surface area contributed by atoms with Crippen LogP contribution >= 0.6 is 0 Å². The summed E-state index contributed by atoms with van der Waals surface area (Å²) in [4.78, 5) is 42.4. The maximum absolute atomic E-state index is 12.9. The Labute approximate surface area is 386 Å². The molecule has 0 aliphatic rings. The molecule has 0 bridgehead atoms. The normalized spacial score (nSPS) is 12.0. The van der Waals surface area contributed by atoms with Gasteiger partial charge >= 0.3 is 11.9 Å². The molecule has 4 N–H and O–H groups in total. The van der Waals surface area contributed by atoms with Gasteiger partial charge in [-0.2, -0.15) is 0 Å². The number of carbonyl (C=O) groups excluding carboxylic acids is 3. The number of unbranched alkanes of at least 4 members (excludes halogenated alkanes) is 25. The highest BCUT2D eigenvalue weighted by molar-refractivity contribution is 5.94. The van der Waals surface area contributed by atoms with E-state index in [-0.39, 0.29) is 29.8 Å². The van der Waals surface area contributed by atoms with Crippen molar-refractivity contribution >= 4 is 17.8 Å². The number of aromatic hydroxyl groups is 1. The number of hydrogen-bond acceptors (Lipinski definition) is 8. The minimum absolute atomic E-state index is 0.0208. The van der Waals surface area contributed by atoms with Crippen LogP contribution in [-0.4, -0.2) is 82.9 Å². The molecule has 1 unspecified atom stereocenters. The minimum Gasteiger partial charge on any atom is -0.495 e. The summed E-state index contributed by atoms with van der Waals surface area (Å²) >= 11 is 0. The Kier molecular flexibility index (Phi) is 40.2. The molecule has 0 aliphatic heterocycles. The maximum Gasteiger partial charge on any atom is 0.306 e. The van der Waals surface area contributed by atoms with Crippen LogP contribution in [0.25, 0.3) is 0 Å². The van der Waals surface area contributed by atoms with Gasteiger partial charge in [-0.25, -0.2) is 0 Å². The monoisotopic (exact) mass is 890 g/mol. The van der Waals surface area contributed by atoms with Gasteiger partial charge in [0.25, 0.3) is 5.91 Å². The van der Waals surface area contributed by atoms with E-state index in [2.05, 4.69) is 36.0 Å². The third-order valence-corrected chi connectivity index (χ3v) is 12.4. The lowest BCUT2D eigenvalue weighted by atomic mass is 10.0. The van der Waals surface area contributed by atoms with Gasteiger partial charge in [0.05, 0.1) is 18.3 Å². The van der Waals surface area contributed by atoms with E-state index in [0.29, 0.717) is 44.5 Å². The smallest absolute Gasteiger partial charge is 0.306 e. The van der Waals surface area contributed by atoms with Crippen molar-refractivity contribution in [1.29, 1.82) is 0 Å². The zero-order valence-electron chi connectivity index (χ0n) is 41.2. The van der Waals surface area contributed by atoms with Crippen molar-refractivity contribution in [2.24, 2.45) is 0 Å². The second-order valence-electron chi connectivity index (χ2n) is 18.6. The van der Waals surface area contributed by atoms with Crippen molar-refractivity contribution in [3.63, 3.8) is 0 Å². The molecule has 0 fully saturated rings. The summed E-state index contributed by atoms with van der Waals surface area (Å²) in [5, 5.41) is 23.3. The number of ether oxygens (including phenoxy) is 2. The van der Waals surface area contributed by atoms with Crippen LogP contribution in [0.2, 0.25) is 0 Å². The first kappa shape index (κ1) is 58.4. The Bertz CT molecular complexity index is 1180. The predicted molar refractivity (Wildman–Crippen MR) is 261 cm³/mol. The van der Waals surface area contributed by atoms with Crippen molar-refractivity contribution < 1.29 is 34.1 Å². The molecular formula is C53H99N3O7. The maximum atomic E-state index is 12.9. The Morgan fingerprint density at radius 2 is 1.05 bits per heavy atom. The SMILES string of the molecule is CCCCCCCCCCCOC(=O)CCCCCN(CCCCCCCC(=O)OC(CCCCCCCC)CCCCCCCC)CC(O)CCCCNC(=O)c1c[nH]c(O)c1. The number of aromatic nitrogens is 1. The van der Waals surface area contributed by atoms with E-state index in [1.165, 1.54) is 121 Å². The van der Waals surface area contributed by atoms with Crippen LogP contribution in [0.1, 0.15) is 262 Å². The lowest BCUT2D eigenvalue weighted by molar-refractivity contribution is -0.150. The van der Waals surface area contributed by atoms with Crippen molar-refractivity contribution in [1.82, 2.24) is 15.2 Å². The topological polar surface area (TPSA) is 141 Å². The second-order valence-corrected chi connectivity index (χ2v) is 18.6. The third-order valence-electron chi connectivity index (χ3n) is 12.4. The van der Waals surface area contributed by atoms with Crippen molar-refractivity contribution in [3.8, 4) is 5.88 Å². The Morgan fingerprint density at radius 3 is 1.59 bits per heavy atom. The number of aliphatic hydroxyl groups excluding tert-OH is 1. The zero-order chi connectivity index (χ0) is 45.9. The first-order chi connectivity index (χ1) is 30.8. The summed E-state index contributed by atoms with van der Waals surface area (Å²) in [5.74, 6) is -0.365. The summed E-state index contributed by atoms with van der Waals surface area (Å²) in [6.07, 6.45) is 40.5. The second kappa shape index (κ2) is 43.3. The molecule has 0 aliphatic carbocycles. The highest BCUT2D eigenvalue weighted by Gasteiger charge is 2.16. The van der Waals surface area contributed by atoms with E-state index >= 15 is 0 Å². The first-order valence-electron chi connectivity index (χ1n) is 26.7. The van der Waals surface area contributed by atoms with E-state index in [4.69, 9.17) is 9.47 Å². The van der Waals surface area contributed by atoms with Gasteiger partial charge < -0.3 is 34.9 Å². The molecule has 10 heteroatoms. The minimum atomic E-state index is -0.449. The van der Waals surface area contributed by atoms with Gasteiger partial charge in [-0.15, -0.1) is 0 Å². The highest BCUT2D eigenvalue weighted by Crippen LogP contribution is 2.19. The molecule has 0 saturated carbocycles. The molecular weight excluding hydrogens is 791 g/mol. The van der Waals surface area contributed by atoms with Gasteiger partial charge in [0.15, 0.2) is 5.88 Å². The molecule has 368 valence electrons. The molecule has 1 aromatic heterocycles. The largest absolute Gasteiger partial charge is 0.495 e. The van der Waals surface area contributed by atoms with Crippen molar-refractivity contribution in [2.75, 3.05) is 32.8 Å². The molecule has 1 heterocycles. The number of rotatable bonds is 47. The van der Waals surface area contributed by atoms with Crippen LogP contribution in [-0.2, 0) is 19.1 Å². The third kappa shape index (κ3) is 37.3. The van der Waals surface area contributed by atoms with Crippen molar-refractivity contribution in [3.05, 3.63) is 17.8 Å². The fraction of sp³-hybridized carbons (Fsp3) is 0.868. The fourth-order valence-electron chi connectivity index (χ4n) is 8.41. The lowest BCUT2D eigenvalue weighted by Crippen LogP contribution is -2.34. The van der Waals surface area contributed by atoms with E-state index in [9.17, 15) is 24.6 Å². The predicted octanol–water partition coefficient (Wildman–Crippen LogP) is 13.7. The average Bonchev–Trinajstić information content (AvgIpc) is 3.71. The molecule has 0 spiro atoms. The first-order valence-corrected chi connectivity index (χ1v) is 26.7. The summed E-state index contributed by atoms with van der Waals surface area (Å²) in [6.45, 7) is 10.2. The molecule has 1 amide bonds. The van der Waals surface area contributed by atoms with E-state index in [1.54, 1.807) is 0 Å². The molecule has 10 nitrogen and oxygen atoms in total. The van der Waals surface area contributed by atoms with Crippen molar-refractivity contribution in [2.45, 2.75) is 264 Å². The number of H-pyrrole nitrogens is 1. The Morgan fingerprint density at radius 1 is 0.587 bits per heavy atom. The van der Waals surface area contributed by atoms with Crippen LogP contribution in [0.5, 0.6) is 5.88 Å². The lowest BCUT2D eigenvalue weighted by Gasteiger charge is -2.25. The molecule has 1 rings (SSSR count). The molecule has 1 atom stereocenters. The van der Waals surface area contributed by atoms with E-state index < -0.39 is 6.10 Å². The van der Waals surface area contributed by atoms with Crippen LogP contribution in [0.3, 0.4) is 0 Å². The molecule has 1 aromatic rings. The Balaban J connectivity index is 2.41. The molecule has 0 radical (unpaired) electrons. The number of aliphatic hydroxyl groups is 1. The highest BCUT2D eigenvalue weighted by atomic mass is 16.5. The molecule has 0 saturated heterocycles. The number of nitrogens with zero attached hydrogens (tertiary/aromatic N) is 1. The van der Waals surface area contributed by atoms with E-state index in [1.807, 2.05) is 0 Å². The number of hydrogen-bond donors (Lipinski definition) is 4. The number of aromatic amines is 1. The van der Waals surface area contributed by atoms with Gasteiger partial charge in [-0.1, -0.05) is 162 Å². The number of carbonyl (C=O) groups is 3. The van der Waals surface area contributed by atoms with Gasteiger partial charge in [-0.3, -0.25) is 14.4 Å². The quantitative estimate of drug-likeness (QED) is 0.0374. The summed E-state index contributed by atoms with van der Waals surface area (Å²) in [7, 11) is 0. The molecule has 63 heavy (non-hydrogen) atoms. The van der Waals surface area contributed by atoms with Gasteiger partial charge in [-0.05, 0) is 90.1 Å². The van der Waals surface area contributed by atoms with Gasteiger partial charge in [0.1, 0.15) is 6.10 Å². The number of amides is 1. The van der Waals surface area contributed by atoms with Crippen LogP contribution in [0.4, 0.5) is 0 Å². The number of nitrogens with one attached hydrogen (secondary N) is 2. The van der Waals surface area contributed by atoms with E-state index in [0.717, 1.165) is 116 Å². The standard InChI is InChI=1S/C53H99N3O7/c1-4-7-10-13-16-17-18-24-34-43-62-51(59)38-29-25-33-42-56(46-48(57)35-30-31-40-54-53(61)47-44-50(58)55-45-47)41-32-23-19-22-28-39-52(60)63-49(36-26-20-14-11-8-5-2)37-27-21-15-12-9-6-3/h44-45,48-49,55,57-58H,4-43,46H2,1-3H3,(H,54,61). The summed E-state index contributed by atoms with van der Waals surface area (Å²) < 4.78 is 11.6. The van der Waals surface area contributed by atoms with Crippen LogP contribution in [0, 0.1) is 0 Å². The summed E-state index contributed by atoms with van der Waals surface area (Å²) in [5.41, 5.74) is 0.401. The zero-order valence-corrected chi connectivity index (χ0v) is 41.2. The Hall–Kier alpha value is -2.59. The van der Waals surface area contributed by atoms with Gasteiger partial charge in [0, 0.05) is 38.2 Å². The van der Waals surface area contributed by atoms with Crippen LogP contribution < -0.4 is 5.32 Å².